The number of nitrogens with two attached hydrogens (primary N) is 1. The summed E-state index contributed by atoms with van der Waals surface area (Å²) in [5, 5.41) is 9.37. The molecular formula is C25H29N5O3S. The standard InChI is InChI=1S/C25H29N5O3S/c1-16(2)34(32,33)30-22-14-18(8-13-21(22)28-25(30)26)24-23(17-6-4-3-5-7-17)27-15-29(24)19-9-11-20(31)12-10-19/h3-8,13-16,19-20,31H,9-12H2,1-2H3,(H2,26,28). The molecule has 0 atom stereocenters. The van der Waals surface area contributed by atoms with Gasteiger partial charge in [-0.15, -0.1) is 0 Å². The van der Waals surface area contributed by atoms with Crippen molar-refractivity contribution in [1.29, 1.82) is 0 Å². The Kier molecular flexibility index (Phi) is 5.69. The average molecular weight is 480 g/mol. The number of rotatable bonds is 5. The molecule has 0 amide bonds. The molecule has 178 valence electrons. The van der Waals surface area contributed by atoms with Crippen LogP contribution in [0.1, 0.15) is 45.6 Å². The van der Waals surface area contributed by atoms with E-state index in [9.17, 15) is 13.5 Å². The molecule has 8 nitrogen and oxygen atoms in total. The predicted molar refractivity (Wildman–Crippen MR) is 134 cm³/mol. The molecule has 5 rings (SSSR count). The van der Waals surface area contributed by atoms with Crippen LogP contribution in [0.25, 0.3) is 33.5 Å². The second-order valence-corrected chi connectivity index (χ2v) is 11.5. The van der Waals surface area contributed by atoms with Gasteiger partial charge in [0.25, 0.3) is 0 Å². The van der Waals surface area contributed by atoms with Crippen LogP contribution >= 0.6 is 0 Å². The molecule has 2 heterocycles. The molecule has 3 N–H and O–H groups in total. The summed E-state index contributed by atoms with van der Waals surface area (Å²) in [4.78, 5) is 9.07. The number of fused-ring (bicyclic) bond motifs is 1. The van der Waals surface area contributed by atoms with Gasteiger partial charge in [0, 0.05) is 17.2 Å². The average Bonchev–Trinajstić information content (AvgIpc) is 3.40. The number of aliphatic hydroxyl groups is 1. The summed E-state index contributed by atoms with van der Waals surface area (Å²) in [5.41, 5.74) is 10.6. The van der Waals surface area contributed by atoms with E-state index in [2.05, 4.69) is 9.55 Å². The van der Waals surface area contributed by atoms with Gasteiger partial charge in [-0.05, 0) is 51.7 Å². The van der Waals surface area contributed by atoms with E-state index in [0.29, 0.717) is 11.0 Å². The summed E-state index contributed by atoms with van der Waals surface area (Å²) < 4.78 is 29.4. The van der Waals surface area contributed by atoms with Crippen LogP contribution in [0.2, 0.25) is 0 Å². The molecule has 0 radical (unpaired) electrons. The Bertz CT molecular complexity index is 1430. The first-order chi connectivity index (χ1) is 16.3. The van der Waals surface area contributed by atoms with Crippen LogP contribution in [-0.2, 0) is 10.0 Å². The third kappa shape index (κ3) is 3.78. The van der Waals surface area contributed by atoms with Crippen LogP contribution in [-0.4, -0.2) is 43.4 Å². The normalized spacial score (nSPS) is 19.2. The Labute approximate surface area is 199 Å². The molecular weight excluding hydrogens is 450 g/mol. The first-order valence-corrected chi connectivity index (χ1v) is 13.1. The van der Waals surface area contributed by atoms with E-state index in [4.69, 9.17) is 10.7 Å². The smallest absolute Gasteiger partial charge is 0.244 e. The fourth-order valence-electron chi connectivity index (χ4n) is 4.77. The van der Waals surface area contributed by atoms with Crippen LogP contribution < -0.4 is 5.73 Å². The van der Waals surface area contributed by atoms with E-state index in [1.54, 1.807) is 13.8 Å². The van der Waals surface area contributed by atoms with Crippen molar-refractivity contribution in [3.63, 3.8) is 0 Å². The van der Waals surface area contributed by atoms with Gasteiger partial charge in [-0.1, -0.05) is 36.4 Å². The second kappa shape index (κ2) is 8.56. The van der Waals surface area contributed by atoms with Gasteiger partial charge in [0.15, 0.2) is 0 Å². The molecule has 0 saturated heterocycles. The second-order valence-electron chi connectivity index (χ2n) is 9.21. The predicted octanol–water partition coefficient (Wildman–Crippen LogP) is 4.21. The van der Waals surface area contributed by atoms with Crippen LogP contribution in [0.5, 0.6) is 0 Å². The van der Waals surface area contributed by atoms with Gasteiger partial charge in [0.2, 0.25) is 16.0 Å². The zero-order chi connectivity index (χ0) is 24.0. The lowest BCUT2D eigenvalue weighted by Crippen LogP contribution is -2.23. The maximum Gasteiger partial charge on any atom is 0.244 e. The number of nitrogens with zero attached hydrogens (tertiary/aromatic N) is 4. The molecule has 0 unspecified atom stereocenters. The number of imidazole rings is 2. The molecule has 1 aliphatic rings. The molecule has 9 heteroatoms. The minimum absolute atomic E-state index is 0.0427. The van der Waals surface area contributed by atoms with Gasteiger partial charge in [0.1, 0.15) is 0 Å². The van der Waals surface area contributed by atoms with Crippen molar-refractivity contribution in [3.8, 4) is 22.5 Å². The number of hydrogen-bond acceptors (Lipinski definition) is 6. The van der Waals surface area contributed by atoms with E-state index in [1.165, 1.54) is 0 Å². The first-order valence-electron chi connectivity index (χ1n) is 11.6. The maximum absolute atomic E-state index is 13.1. The summed E-state index contributed by atoms with van der Waals surface area (Å²) in [6, 6.07) is 15.8. The largest absolute Gasteiger partial charge is 0.393 e. The van der Waals surface area contributed by atoms with Crippen molar-refractivity contribution in [2.24, 2.45) is 0 Å². The zero-order valence-electron chi connectivity index (χ0n) is 19.3. The fourth-order valence-corrected chi connectivity index (χ4v) is 5.91. The van der Waals surface area contributed by atoms with E-state index in [-0.39, 0.29) is 18.1 Å². The van der Waals surface area contributed by atoms with Gasteiger partial charge < -0.3 is 15.4 Å². The molecule has 1 fully saturated rings. The molecule has 0 aliphatic heterocycles. The first kappa shape index (κ1) is 22.6. The highest BCUT2D eigenvalue weighted by molar-refractivity contribution is 7.90. The Morgan fingerprint density at radius 2 is 1.74 bits per heavy atom. The summed E-state index contributed by atoms with van der Waals surface area (Å²) in [6.07, 6.45) is 4.81. The summed E-state index contributed by atoms with van der Waals surface area (Å²) in [7, 11) is -3.70. The van der Waals surface area contributed by atoms with Crippen molar-refractivity contribution < 1.29 is 13.5 Å². The summed E-state index contributed by atoms with van der Waals surface area (Å²) >= 11 is 0. The molecule has 34 heavy (non-hydrogen) atoms. The van der Waals surface area contributed by atoms with Gasteiger partial charge >= 0.3 is 0 Å². The summed E-state index contributed by atoms with van der Waals surface area (Å²) in [5.74, 6) is -0.0427. The Hall–Kier alpha value is -3.17. The van der Waals surface area contributed by atoms with E-state index < -0.39 is 15.3 Å². The molecule has 0 bridgehead atoms. The van der Waals surface area contributed by atoms with E-state index in [0.717, 1.165) is 52.2 Å². The number of benzene rings is 2. The lowest BCUT2D eigenvalue weighted by atomic mass is 9.92. The van der Waals surface area contributed by atoms with Crippen molar-refractivity contribution in [1.82, 2.24) is 18.5 Å². The molecule has 1 saturated carbocycles. The molecule has 2 aromatic heterocycles. The number of hydrogen-bond donors (Lipinski definition) is 2. The van der Waals surface area contributed by atoms with Gasteiger partial charge in [0.05, 0.1) is 40.1 Å². The van der Waals surface area contributed by atoms with Gasteiger partial charge in [-0.3, -0.25) is 0 Å². The molecule has 4 aromatic rings. The van der Waals surface area contributed by atoms with Crippen LogP contribution in [0, 0.1) is 0 Å². The van der Waals surface area contributed by atoms with Crippen molar-refractivity contribution in [2.45, 2.75) is 56.9 Å². The van der Waals surface area contributed by atoms with Crippen LogP contribution in [0.15, 0.2) is 54.9 Å². The quantitative estimate of drug-likeness (QED) is 0.443. The van der Waals surface area contributed by atoms with E-state index in [1.807, 2.05) is 54.9 Å². The van der Waals surface area contributed by atoms with Crippen molar-refractivity contribution in [3.05, 3.63) is 54.9 Å². The Morgan fingerprint density at radius 1 is 1.03 bits per heavy atom. The monoisotopic (exact) mass is 479 g/mol. The van der Waals surface area contributed by atoms with Gasteiger partial charge in [-0.2, -0.15) is 0 Å². The molecule has 1 aliphatic carbocycles. The lowest BCUT2D eigenvalue weighted by Gasteiger charge is -2.28. The lowest BCUT2D eigenvalue weighted by molar-refractivity contribution is 0.111. The summed E-state index contributed by atoms with van der Waals surface area (Å²) in [6.45, 7) is 3.26. The number of aromatic nitrogens is 4. The van der Waals surface area contributed by atoms with E-state index >= 15 is 0 Å². The SMILES string of the molecule is CC(C)S(=O)(=O)n1c(N)nc2ccc(-c3c(-c4ccccc4)ncn3C3CCC(O)CC3)cc21. The number of anilines is 1. The molecule has 0 spiro atoms. The Balaban J connectivity index is 1.72. The fraction of sp³-hybridized carbons (Fsp3) is 0.360. The van der Waals surface area contributed by atoms with Crippen LogP contribution in [0.4, 0.5) is 5.95 Å². The third-order valence-electron chi connectivity index (χ3n) is 6.66. The van der Waals surface area contributed by atoms with Crippen molar-refractivity contribution >= 4 is 27.0 Å². The minimum atomic E-state index is -3.70. The number of aliphatic hydroxyl groups excluding tert-OH is 1. The highest BCUT2D eigenvalue weighted by atomic mass is 32.2. The minimum Gasteiger partial charge on any atom is -0.393 e. The van der Waals surface area contributed by atoms with Crippen LogP contribution in [0.3, 0.4) is 0 Å². The van der Waals surface area contributed by atoms with Gasteiger partial charge in [-0.25, -0.2) is 22.4 Å². The maximum atomic E-state index is 13.1. The topological polar surface area (TPSA) is 116 Å². The zero-order valence-corrected chi connectivity index (χ0v) is 20.1. The highest BCUT2D eigenvalue weighted by Gasteiger charge is 2.28. The molecule has 2 aromatic carbocycles. The highest BCUT2D eigenvalue weighted by Crippen LogP contribution is 2.39. The van der Waals surface area contributed by atoms with Crippen molar-refractivity contribution in [2.75, 3.05) is 5.73 Å². The number of nitrogen functional groups attached to an aromatic ring is 1. The Morgan fingerprint density at radius 3 is 2.41 bits per heavy atom. The third-order valence-corrected chi connectivity index (χ3v) is 8.75.